The first-order chi connectivity index (χ1) is 14.2. The quantitative estimate of drug-likeness (QED) is 0.507. The van der Waals surface area contributed by atoms with Gasteiger partial charge in [0.1, 0.15) is 0 Å². The van der Waals surface area contributed by atoms with Crippen molar-refractivity contribution in [3.63, 3.8) is 0 Å². The Bertz CT molecular complexity index is 1320. The van der Waals surface area contributed by atoms with E-state index in [1.807, 2.05) is 0 Å². The third-order valence-corrected chi connectivity index (χ3v) is 4.48. The molecule has 0 atom stereocenters. The number of halogens is 3. The van der Waals surface area contributed by atoms with Gasteiger partial charge < -0.3 is 9.51 Å². The summed E-state index contributed by atoms with van der Waals surface area (Å²) in [5.41, 5.74) is -0.0321. The number of aromatic nitrogens is 2. The normalized spacial score (nSPS) is 11.6. The van der Waals surface area contributed by atoms with Crippen molar-refractivity contribution < 1.29 is 22.5 Å². The number of H-pyrrole nitrogens is 1. The molecule has 6 nitrogen and oxygen atoms in total. The van der Waals surface area contributed by atoms with Crippen LogP contribution in [0.5, 0.6) is 0 Å². The number of hydrogen-bond donors (Lipinski definition) is 2. The Kier molecular flexibility index (Phi) is 4.65. The van der Waals surface area contributed by atoms with Crippen LogP contribution in [0.3, 0.4) is 0 Å². The van der Waals surface area contributed by atoms with Crippen LogP contribution in [0.25, 0.3) is 22.2 Å². The van der Waals surface area contributed by atoms with Gasteiger partial charge >= 0.3 is 6.18 Å². The van der Waals surface area contributed by atoms with Crippen LogP contribution in [0.2, 0.25) is 0 Å². The Labute approximate surface area is 167 Å². The second kappa shape index (κ2) is 7.18. The zero-order valence-corrected chi connectivity index (χ0v) is 15.5. The molecule has 0 aliphatic heterocycles. The molecular weight excluding hydrogens is 399 g/mol. The number of benzene rings is 2. The van der Waals surface area contributed by atoms with Gasteiger partial charge in [-0.25, -0.2) is 0 Å². The summed E-state index contributed by atoms with van der Waals surface area (Å²) < 4.78 is 44.1. The minimum absolute atomic E-state index is 0.130. The number of anilines is 1. The van der Waals surface area contributed by atoms with Gasteiger partial charge in [-0.2, -0.15) is 13.2 Å². The molecule has 2 N–H and O–H groups in total. The number of pyridine rings is 1. The van der Waals surface area contributed by atoms with Gasteiger partial charge in [-0.1, -0.05) is 23.4 Å². The fourth-order valence-electron chi connectivity index (χ4n) is 3.08. The third-order valence-electron chi connectivity index (χ3n) is 4.48. The fourth-order valence-corrected chi connectivity index (χ4v) is 3.08. The molecular formula is C21H14F3N3O3. The van der Waals surface area contributed by atoms with E-state index in [9.17, 15) is 22.8 Å². The number of para-hydroxylation sites is 1. The molecule has 2 heterocycles. The highest BCUT2D eigenvalue weighted by Gasteiger charge is 2.30. The van der Waals surface area contributed by atoms with Crippen LogP contribution in [0.15, 0.2) is 63.9 Å². The smallest absolute Gasteiger partial charge is 0.354 e. The summed E-state index contributed by atoms with van der Waals surface area (Å²) in [7, 11) is 0. The first-order valence-electron chi connectivity index (χ1n) is 8.81. The predicted molar refractivity (Wildman–Crippen MR) is 104 cm³/mol. The molecule has 0 aliphatic rings. The molecule has 0 unspecified atom stereocenters. The van der Waals surface area contributed by atoms with Crippen molar-refractivity contribution in [2.24, 2.45) is 0 Å². The summed E-state index contributed by atoms with van der Waals surface area (Å²) in [6.07, 6.45) is -4.52. The van der Waals surface area contributed by atoms with Crippen LogP contribution in [0.1, 0.15) is 21.6 Å². The maximum atomic E-state index is 13.1. The summed E-state index contributed by atoms with van der Waals surface area (Å²) in [6.45, 7) is 1.69. The molecule has 9 heteroatoms. The van der Waals surface area contributed by atoms with Crippen molar-refractivity contribution in [1.82, 2.24) is 10.1 Å². The van der Waals surface area contributed by atoms with Gasteiger partial charge in [0.05, 0.1) is 22.3 Å². The van der Waals surface area contributed by atoms with Crippen LogP contribution in [-0.2, 0) is 6.18 Å². The van der Waals surface area contributed by atoms with E-state index in [1.165, 1.54) is 36.4 Å². The van der Waals surface area contributed by atoms with E-state index in [0.29, 0.717) is 5.69 Å². The number of carbonyl (C=O) groups excluding carboxylic acids is 1. The molecule has 30 heavy (non-hydrogen) atoms. The molecule has 0 saturated carbocycles. The number of fused-ring (bicyclic) bond motifs is 1. The predicted octanol–water partition coefficient (Wildman–Crippen LogP) is 4.76. The highest BCUT2D eigenvalue weighted by atomic mass is 19.4. The lowest BCUT2D eigenvalue weighted by molar-refractivity contribution is -0.137. The van der Waals surface area contributed by atoms with E-state index in [1.54, 1.807) is 13.0 Å². The first kappa shape index (κ1) is 19.4. The largest absolute Gasteiger partial charge is 0.416 e. The minimum Gasteiger partial charge on any atom is -0.354 e. The number of nitrogens with one attached hydrogen (secondary N) is 2. The lowest BCUT2D eigenvalue weighted by Gasteiger charge is -2.11. The molecule has 152 valence electrons. The zero-order chi connectivity index (χ0) is 21.5. The summed E-state index contributed by atoms with van der Waals surface area (Å²) in [6, 6.07) is 11.9. The number of aryl methyl sites for hydroxylation is 1. The van der Waals surface area contributed by atoms with Gasteiger partial charge in [-0.15, -0.1) is 0 Å². The van der Waals surface area contributed by atoms with Gasteiger partial charge in [0.25, 0.3) is 5.91 Å². The van der Waals surface area contributed by atoms with Gasteiger partial charge in [-0.05, 0) is 36.8 Å². The SMILES string of the molecule is Cc1cc(NC(=O)c2cccc3c(=O)cc(-c4cccc(C(F)(F)F)c4)[nH]c23)on1. The number of carbonyl (C=O) groups is 1. The Hall–Kier alpha value is -3.88. The third kappa shape index (κ3) is 3.69. The van der Waals surface area contributed by atoms with Crippen LogP contribution in [0, 0.1) is 6.92 Å². The number of hydrogen-bond acceptors (Lipinski definition) is 4. The molecule has 0 fully saturated rings. The average Bonchev–Trinajstić information content (AvgIpc) is 3.11. The minimum atomic E-state index is -4.52. The molecule has 4 aromatic rings. The molecule has 0 bridgehead atoms. The highest BCUT2D eigenvalue weighted by molar-refractivity contribution is 6.11. The summed E-state index contributed by atoms with van der Waals surface area (Å²) in [4.78, 5) is 28.2. The van der Waals surface area contributed by atoms with Crippen molar-refractivity contribution in [3.05, 3.63) is 81.6 Å². The second-order valence-electron chi connectivity index (χ2n) is 6.64. The summed E-state index contributed by atoms with van der Waals surface area (Å²) in [5, 5.41) is 6.45. The van der Waals surface area contributed by atoms with E-state index >= 15 is 0 Å². The lowest BCUT2D eigenvalue weighted by Crippen LogP contribution is -2.14. The van der Waals surface area contributed by atoms with Gasteiger partial charge in [0.2, 0.25) is 5.88 Å². The second-order valence-corrected chi connectivity index (χ2v) is 6.64. The number of aromatic amines is 1. The van der Waals surface area contributed by atoms with Crippen molar-refractivity contribution in [2.45, 2.75) is 13.1 Å². The molecule has 2 aromatic heterocycles. The van der Waals surface area contributed by atoms with E-state index in [-0.39, 0.29) is 33.6 Å². The number of rotatable bonds is 3. The maximum Gasteiger partial charge on any atom is 0.416 e. The van der Waals surface area contributed by atoms with E-state index < -0.39 is 23.1 Å². The Morgan fingerprint density at radius 1 is 1.10 bits per heavy atom. The van der Waals surface area contributed by atoms with Gasteiger partial charge in [-0.3, -0.25) is 14.9 Å². The molecule has 0 aliphatic carbocycles. The molecule has 0 radical (unpaired) electrons. The van der Waals surface area contributed by atoms with E-state index in [0.717, 1.165) is 12.1 Å². The Morgan fingerprint density at radius 3 is 2.57 bits per heavy atom. The molecule has 1 amide bonds. The van der Waals surface area contributed by atoms with Crippen LogP contribution in [0.4, 0.5) is 19.1 Å². The van der Waals surface area contributed by atoms with Crippen LogP contribution in [-0.4, -0.2) is 16.0 Å². The monoisotopic (exact) mass is 413 g/mol. The Morgan fingerprint density at radius 2 is 1.87 bits per heavy atom. The van der Waals surface area contributed by atoms with Crippen molar-refractivity contribution in [2.75, 3.05) is 5.32 Å². The highest BCUT2D eigenvalue weighted by Crippen LogP contribution is 2.32. The first-order valence-corrected chi connectivity index (χ1v) is 8.81. The van der Waals surface area contributed by atoms with E-state index in [4.69, 9.17) is 4.52 Å². The van der Waals surface area contributed by atoms with Crippen LogP contribution >= 0.6 is 0 Å². The number of amides is 1. The van der Waals surface area contributed by atoms with Crippen molar-refractivity contribution in [1.29, 1.82) is 0 Å². The van der Waals surface area contributed by atoms with Crippen LogP contribution < -0.4 is 10.7 Å². The molecule has 4 rings (SSSR count). The molecule has 0 spiro atoms. The number of nitrogens with zero attached hydrogens (tertiary/aromatic N) is 1. The summed E-state index contributed by atoms with van der Waals surface area (Å²) in [5.74, 6) is -0.431. The van der Waals surface area contributed by atoms with E-state index in [2.05, 4.69) is 15.5 Å². The standard InChI is InChI=1S/C21H14F3N3O3/c1-11-8-18(30-27-11)26-20(29)15-7-3-6-14-17(28)10-16(25-19(14)15)12-4-2-5-13(9-12)21(22,23)24/h2-10H,1H3,(H,25,28)(H,26,29). The molecule has 2 aromatic carbocycles. The fraction of sp³-hybridized carbons (Fsp3) is 0.0952. The topological polar surface area (TPSA) is 88.0 Å². The Balaban J connectivity index is 1.82. The maximum absolute atomic E-state index is 13.1. The van der Waals surface area contributed by atoms with Gasteiger partial charge in [0.15, 0.2) is 5.43 Å². The average molecular weight is 413 g/mol. The summed E-state index contributed by atoms with van der Waals surface area (Å²) >= 11 is 0. The molecule has 0 saturated heterocycles. The van der Waals surface area contributed by atoms with Crippen molar-refractivity contribution >= 4 is 22.7 Å². The lowest BCUT2D eigenvalue weighted by atomic mass is 10.0. The van der Waals surface area contributed by atoms with Gasteiger partial charge in [0, 0.05) is 23.2 Å². The van der Waals surface area contributed by atoms with Crippen molar-refractivity contribution in [3.8, 4) is 11.3 Å². The zero-order valence-electron chi connectivity index (χ0n) is 15.5. The number of alkyl halides is 3.